The van der Waals surface area contributed by atoms with E-state index >= 15 is 0 Å². The topological polar surface area (TPSA) is 69.0 Å². The molecular formula is C20H22N4O2S. The molecule has 1 heterocycles. The fourth-order valence-corrected chi connectivity index (χ4v) is 3.33. The molecule has 2 aromatic carbocycles. The van der Waals surface area contributed by atoms with E-state index in [1.54, 1.807) is 0 Å². The van der Waals surface area contributed by atoms with E-state index in [1.807, 2.05) is 80.1 Å². The van der Waals surface area contributed by atoms with Crippen LogP contribution in [0.2, 0.25) is 0 Å². The van der Waals surface area contributed by atoms with Gasteiger partial charge in [-0.2, -0.15) is 0 Å². The molecular weight excluding hydrogens is 360 g/mol. The van der Waals surface area contributed by atoms with Crippen molar-refractivity contribution in [3.8, 4) is 17.1 Å². The second kappa shape index (κ2) is 8.73. The van der Waals surface area contributed by atoms with Gasteiger partial charge in [0.25, 0.3) is 0 Å². The third-order valence-corrected chi connectivity index (χ3v) is 5.09. The highest BCUT2D eigenvalue weighted by atomic mass is 32.2. The van der Waals surface area contributed by atoms with E-state index in [0.29, 0.717) is 11.8 Å². The molecule has 1 N–H and O–H groups in total. The number of nitrogens with zero attached hydrogens (tertiary/aromatic N) is 3. The Labute approximate surface area is 163 Å². The summed E-state index contributed by atoms with van der Waals surface area (Å²) in [7, 11) is 1.90. The number of thioether (sulfide) groups is 1. The molecule has 140 valence electrons. The Balaban J connectivity index is 1.64. The van der Waals surface area contributed by atoms with E-state index in [4.69, 9.17) is 4.74 Å². The molecule has 0 fully saturated rings. The van der Waals surface area contributed by atoms with Crippen LogP contribution in [0.1, 0.15) is 13.8 Å². The summed E-state index contributed by atoms with van der Waals surface area (Å²) >= 11 is 1.38. The number of aromatic nitrogens is 3. The molecule has 0 saturated heterocycles. The predicted molar refractivity (Wildman–Crippen MR) is 108 cm³/mol. The summed E-state index contributed by atoms with van der Waals surface area (Å²) in [6.07, 6.45) is 0. The Morgan fingerprint density at radius 3 is 2.52 bits per heavy atom. The van der Waals surface area contributed by atoms with Gasteiger partial charge in [-0.05, 0) is 38.1 Å². The molecule has 27 heavy (non-hydrogen) atoms. The third kappa shape index (κ3) is 4.68. The van der Waals surface area contributed by atoms with Gasteiger partial charge < -0.3 is 14.6 Å². The van der Waals surface area contributed by atoms with Crippen molar-refractivity contribution in [3.05, 3.63) is 54.6 Å². The average Bonchev–Trinajstić information content (AvgIpc) is 3.04. The van der Waals surface area contributed by atoms with Gasteiger partial charge in [0.05, 0.1) is 11.9 Å². The summed E-state index contributed by atoms with van der Waals surface area (Å²) in [6.45, 7) is 4.40. The second-order valence-corrected chi connectivity index (χ2v) is 7.25. The number of anilines is 1. The first kappa shape index (κ1) is 19.0. The van der Waals surface area contributed by atoms with Crippen LogP contribution in [0.15, 0.2) is 59.8 Å². The number of ether oxygens (including phenoxy) is 1. The number of carbonyl (C=O) groups is 1. The first-order chi connectivity index (χ1) is 13.1. The summed E-state index contributed by atoms with van der Waals surface area (Å²) in [6, 6.07) is 17.2. The molecule has 0 aliphatic rings. The predicted octanol–water partition coefficient (Wildman–Crippen LogP) is 4.00. The van der Waals surface area contributed by atoms with Gasteiger partial charge in [-0.15, -0.1) is 10.2 Å². The van der Waals surface area contributed by atoms with Crippen molar-refractivity contribution in [1.82, 2.24) is 14.8 Å². The normalized spacial score (nSPS) is 11.8. The molecule has 3 rings (SSSR count). The van der Waals surface area contributed by atoms with E-state index in [0.717, 1.165) is 22.8 Å². The van der Waals surface area contributed by atoms with E-state index < -0.39 is 0 Å². The van der Waals surface area contributed by atoms with E-state index in [9.17, 15) is 4.79 Å². The zero-order valence-corrected chi connectivity index (χ0v) is 16.4. The lowest BCUT2D eigenvalue weighted by molar-refractivity contribution is -0.115. The molecule has 0 saturated carbocycles. The minimum atomic E-state index is -0.317. The standard InChI is InChI=1S/C20H22N4O2S/c1-4-26-17-12-10-16(11-13-17)21-19(25)14(2)27-20-23-22-18(24(20)3)15-8-6-5-7-9-15/h5-14H,4H2,1-3H3,(H,21,25)/t14-/m1/s1. The van der Waals surface area contributed by atoms with Crippen LogP contribution in [0, 0.1) is 0 Å². The maximum absolute atomic E-state index is 12.5. The van der Waals surface area contributed by atoms with Crippen molar-refractivity contribution in [3.63, 3.8) is 0 Å². The van der Waals surface area contributed by atoms with Gasteiger partial charge in [0, 0.05) is 18.3 Å². The number of carbonyl (C=O) groups excluding carboxylic acids is 1. The molecule has 1 amide bonds. The number of hydrogen-bond acceptors (Lipinski definition) is 5. The Hall–Kier alpha value is -2.80. The number of benzene rings is 2. The molecule has 0 aliphatic carbocycles. The minimum Gasteiger partial charge on any atom is -0.494 e. The Morgan fingerprint density at radius 2 is 1.85 bits per heavy atom. The van der Waals surface area contributed by atoms with E-state index in [2.05, 4.69) is 15.5 Å². The van der Waals surface area contributed by atoms with Gasteiger partial charge in [0.2, 0.25) is 5.91 Å². The van der Waals surface area contributed by atoms with Crippen molar-refractivity contribution in [2.45, 2.75) is 24.3 Å². The Kier molecular flexibility index (Phi) is 6.13. The summed E-state index contributed by atoms with van der Waals surface area (Å²) in [5.74, 6) is 1.47. The zero-order chi connectivity index (χ0) is 19.2. The van der Waals surface area contributed by atoms with Crippen LogP contribution in [0.5, 0.6) is 5.75 Å². The highest BCUT2D eigenvalue weighted by Crippen LogP contribution is 2.26. The molecule has 0 aliphatic heterocycles. The number of rotatable bonds is 7. The molecule has 0 unspecified atom stereocenters. The van der Waals surface area contributed by atoms with Crippen LogP contribution in [0.3, 0.4) is 0 Å². The van der Waals surface area contributed by atoms with Crippen LogP contribution in [-0.2, 0) is 11.8 Å². The molecule has 3 aromatic rings. The first-order valence-electron chi connectivity index (χ1n) is 8.73. The van der Waals surface area contributed by atoms with Gasteiger partial charge in [-0.3, -0.25) is 4.79 Å². The lowest BCUT2D eigenvalue weighted by Crippen LogP contribution is -2.22. The van der Waals surface area contributed by atoms with Gasteiger partial charge in [-0.1, -0.05) is 42.1 Å². The Bertz CT molecular complexity index is 894. The number of nitrogens with one attached hydrogen (secondary N) is 1. The first-order valence-corrected chi connectivity index (χ1v) is 9.61. The second-order valence-electron chi connectivity index (χ2n) is 5.94. The monoisotopic (exact) mass is 382 g/mol. The van der Waals surface area contributed by atoms with Crippen LogP contribution < -0.4 is 10.1 Å². The van der Waals surface area contributed by atoms with Crippen LogP contribution in [0.4, 0.5) is 5.69 Å². The highest BCUT2D eigenvalue weighted by molar-refractivity contribution is 8.00. The average molecular weight is 382 g/mol. The minimum absolute atomic E-state index is 0.0894. The van der Waals surface area contributed by atoms with Crippen molar-refractivity contribution in [1.29, 1.82) is 0 Å². The number of hydrogen-bond donors (Lipinski definition) is 1. The van der Waals surface area contributed by atoms with Crippen LogP contribution >= 0.6 is 11.8 Å². The number of amides is 1. The van der Waals surface area contributed by atoms with Crippen LogP contribution in [-0.4, -0.2) is 32.5 Å². The molecule has 0 spiro atoms. The molecule has 1 atom stereocenters. The third-order valence-electron chi connectivity index (χ3n) is 3.95. The molecule has 0 bridgehead atoms. The Morgan fingerprint density at radius 1 is 1.15 bits per heavy atom. The fourth-order valence-electron chi connectivity index (χ4n) is 2.51. The maximum atomic E-state index is 12.5. The molecule has 6 nitrogen and oxygen atoms in total. The molecule has 7 heteroatoms. The summed E-state index contributed by atoms with van der Waals surface area (Å²) in [4.78, 5) is 12.5. The summed E-state index contributed by atoms with van der Waals surface area (Å²) < 4.78 is 7.31. The van der Waals surface area contributed by atoms with Crippen molar-refractivity contribution < 1.29 is 9.53 Å². The van der Waals surface area contributed by atoms with Gasteiger partial charge in [0.15, 0.2) is 11.0 Å². The van der Waals surface area contributed by atoms with Crippen molar-refractivity contribution >= 4 is 23.4 Å². The van der Waals surface area contributed by atoms with Crippen LogP contribution in [0.25, 0.3) is 11.4 Å². The molecule has 1 aromatic heterocycles. The van der Waals surface area contributed by atoms with Gasteiger partial charge >= 0.3 is 0 Å². The summed E-state index contributed by atoms with van der Waals surface area (Å²) in [5, 5.41) is 11.8. The quantitative estimate of drug-likeness (QED) is 0.626. The van der Waals surface area contributed by atoms with Gasteiger partial charge in [0.1, 0.15) is 5.75 Å². The van der Waals surface area contributed by atoms with Crippen molar-refractivity contribution in [2.75, 3.05) is 11.9 Å². The lowest BCUT2D eigenvalue weighted by Gasteiger charge is -2.12. The zero-order valence-electron chi connectivity index (χ0n) is 15.5. The highest BCUT2D eigenvalue weighted by Gasteiger charge is 2.19. The lowest BCUT2D eigenvalue weighted by atomic mass is 10.2. The summed E-state index contributed by atoms with van der Waals surface area (Å²) in [5.41, 5.74) is 1.73. The maximum Gasteiger partial charge on any atom is 0.237 e. The smallest absolute Gasteiger partial charge is 0.237 e. The van der Waals surface area contributed by atoms with E-state index in [-0.39, 0.29) is 11.2 Å². The largest absolute Gasteiger partial charge is 0.494 e. The van der Waals surface area contributed by atoms with Gasteiger partial charge in [-0.25, -0.2) is 0 Å². The fraction of sp³-hybridized carbons (Fsp3) is 0.250. The van der Waals surface area contributed by atoms with Crippen molar-refractivity contribution in [2.24, 2.45) is 7.05 Å². The molecule has 0 radical (unpaired) electrons. The SMILES string of the molecule is CCOc1ccc(NC(=O)[C@@H](C)Sc2nnc(-c3ccccc3)n2C)cc1. The van der Waals surface area contributed by atoms with E-state index in [1.165, 1.54) is 11.8 Å².